The number of rotatable bonds is 7. The van der Waals surface area contributed by atoms with E-state index < -0.39 is 0 Å². The average molecular weight is 247 g/mol. The fraction of sp³-hybridized carbons (Fsp3) is 1.00. The Bertz CT molecular complexity index is 195. The van der Waals surface area contributed by atoms with Gasteiger partial charge in [0.2, 0.25) is 0 Å². The van der Waals surface area contributed by atoms with Crippen molar-refractivity contribution in [1.82, 2.24) is 4.90 Å². The summed E-state index contributed by atoms with van der Waals surface area (Å²) in [7, 11) is 2.17. The highest BCUT2D eigenvalue weighted by Gasteiger charge is 2.36. The summed E-state index contributed by atoms with van der Waals surface area (Å²) in [5.41, 5.74) is -0.0133. The second kappa shape index (κ2) is 6.84. The lowest BCUT2D eigenvalue weighted by Crippen LogP contribution is -2.44. The number of hydrogen-bond donors (Lipinski definition) is 1. The van der Waals surface area contributed by atoms with Crippen molar-refractivity contribution >= 4 is 11.8 Å². The summed E-state index contributed by atoms with van der Waals surface area (Å²) in [6, 6.07) is 0.610. The molecule has 0 radical (unpaired) electrons. The van der Waals surface area contributed by atoms with Crippen LogP contribution >= 0.6 is 11.8 Å². The first-order chi connectivity index (χ1) is 7.67. The summed E-state index contributed by atoms with van der Waals surface area (Å²) >= 11 is 1.89. The van der Waals surface area contributed by atoms with Gasteiger partial charge in [-0.3, -0.25) is 0 Å². The fourth-order valence-electron chi connectivity index (χ4n) is 2.36. The highest BCUT2D eigenvalue weighted by atomic mass is 32.2. The van der Waals surface area contributed by atoms with Crippen LogP contribution in [0.2, 0.25) is 0 Å². The standard InChI is InChI=1S/C12H25NO2S/c1-4-11(7-16-3)13(2)8-12(9-14)5-6-15-10-12/h11,14H,4-10H2,1-3H3. The van der Waals surface area contributed by atoms with Gasteiger partial charge in [0.1, 0.15) is 0 Å². The Labute approximate surface area is 104 Å². The molecule has 1 aliphatic rings. The molecule has 1 heterocycles. The minimum Gasteiger partial charge on any atom is -0.396 e. The zero-order chi connectivity index (χ0) is 12.0. The van der Waals surface area contributed by atoms with Crippen LogP contribution < -0.4 is 0 Å². The van der Waals surface area contributed by atoms with Gasteiger partial charge in [-0.2, -0.15) is 11.8 Å². The highest BCUT2D eigenvalue weighted by molar-refractivity contribution is 7.98. The zero-order valence-electron chi connectivity index (χ0n) is 10.7. The molecule has 2 unspecified atom stereocenters. The normalized spacial score (nSPS) is 27.6. The largest absolute Gasteiger partial charge is 0.396 e. The van der Waals surface area contributed by atoms with Crippen LogP contribution in [0, 0.1) is 5.41 Å². The maximum absolute atomic E-state index is 9.54. The van der Waals surface area contributed by atoms with Crippen LogP contribution in [-0.2, 0) is 4.74 Å². The van der Waals surface area contributed by atoms with Crippen molar-refractivity contribution in [3.05, 3.63) is 0 Å². The van der Waals surface area contributed by atoms with E-state index >= 15 is 0 Å². The lowest BCUT2D eigenvalue weighted by molar-refractivity contribution is 0.0542. The van der Waals surface area contributed by atoms with E-state index in [0.29, 0.717) is 12.6 Å². The molecule has 1 saturated heterocycles. The van der Waals surface area contributed by atoms with Crippen molar-refractivity contribution in [3.8, 4) is 0 Å². The fourth-order valence-corrected chi connectivity index (χ4v) is 3.23. The molecular formula is C12H25NO2S. The van der Waals surface area contributed by atoms with E-state index in [0.717, 1.165) is 25.3 Å². The summed E-state index contributed by atoms with van der Waals surface area (Å²) in [4.78, 5) is 2.39. The van der Waals surface area contributed by atoms with E-state index in [1.807, 2.05) is 11.8 Å². The summed E-state index contributed by atoms with van der Waals surface area (Å²) in [6.45, 7) is 4.93. The third-order valence-electron chi connectivity index (χ3n) is 3.56. The van der Waals surface area contributed by atoms with Gasteiger partial charge in [-0.1, -0.05) is 6.92 Å². The van der Waals surface area contributed by atoms with Crippen LogP contribution in [-0.4, -0.2) is 61.5 Å². The van der Waals surface area contributed by atoms with Gasteiger partial charge in [0.15, 0.2) is 0 Å². The zero-order valence-corrected chi connectivity index (χ0v) is 11.6. The molecule has 2 atom stereocenters. The molecule has 1 aliphatic heterocycles. The maximum Gasteiger partial charge on any atom is 0.0557 e. The van der Waals surface area contributed by atoms with Crippen molar-refractivity contribution in [2.75, 3.05) is 45.4 Å². The van der Waals surface area contributed by atoms with Gasteiger partial charge in [-0.15, -0.1) is 0 Å². The first-order valence-corrected chi connectivity index (χ1v) is 7.44. The Morgan fingerprint density at radius 3 is 2.75 bits per heavy atom. The van der Waals surface area contributed by atoms with E-state index in [1.54, 1.807) is 0 Å². The molecule has 16 heavy (non-hydrogen) atoms. The molecule has 3 nitrogen and oxygen atoms in total. The third-order valence-corrected chi connectivity index (χ3v) is 4.28. The lowest BCUT2D eigenvalue weighted by Gasteiger charge is -2.35. The minimum atomic E-state index is -0.0133. The van der Waals surface area contributed by atoms with E-state index in [2.05, 4.69) is 25.1 Å². The second-order valence-corrected chi connectivity index (χ2v) is 5.80. The Morgan fingerprint density at radius 1 is 1.56 bits per heavy atom. The van der Waals surface area contributed by atoms with Gasteiger partial charge in [0.25, 0.3) is 0 Å². The Balaban J connectivity index is 2.49. The van der Waals surface area contributed by atoms with Gasteiger partial charge in [-0.25, -0.2) is 0 Å². The molecule has 0 aromatic rings. The number of nitrogens with zero attached hydrogens (tertiary/aromatic N) is 1. The molecule has 0 bridgehead atoms. The quantitative estimate of drug-likeness (QED) is 0.738. The lowest BCUT2D eigenvalue weighted by atomic mass is 9.87. The molecular weight excluding hydrogens is 222 g/mol. The average Bonchev–Trinajstić information content (AvgIpc) is 2.75. The van der Waals surface area contributed by atoms with Crippen LogP contribution in [0.25, 0.3) is 0 Å². The van der Waals surface area contributed by atoms with Gasteiger partial charge >= 0.3 is 0 Å². The van der Waals surface area contributed by atoms with Crippen LogP contribution in [0.4, 0.5) is 0 Å². The molecule has 1 N–H and O–H groups in total. The molecule has 0 aromatic carbocycles. The topological polar surface area (TPSA) is 32.7 Å². The monoisotopic (exact) mass is 247 g/mol. The number of aliphatic hydroxyl groups is 1. The van der Waals surface area contributed by atoms with E-state index in [4.69, 9.17) is 4.74 Å². The first kappa shape index (κ1) is 14.3. The molecule has 0 amide bonds. The van der Waals surface area contributed by atoms with Gasteiger partial charge in [0, 0.05) is 30.4 Å². The minimum absolute atomic E-state index is 0.0133. The number of ether oxygens (including phenoxy) is 1. The smallest absolute Gasteiger partial charge is 0.0557 e. The predicted molar refractivity (Wildman–Crippen MR) is 70.0 cm³/mol. The molecule has 0 saturated carbocycles. The second-order valence-electron chi connectivity index (χ2n) is 4.89. The van der Waals surface area contributed by atoms with Gasteiger partial charge in [-0.05, 0) is 26.1 Å². The van der Waals surface area contributed by atoms with Crippen LogP contribution in [0.3, 0.4) is 0 Å². The Kier molecular flexibility index (Phi) is 6.11. The van der Waals surface area contributed by atoms with E-state index in [9.17, 15) is 5.11 Å². The number of hydrogen-bond acceptors (Lipinski definition) is 4. The first-order valence-electron chi connectivity index (χ1n) is 6.05. The molecule has 4 heteroatoms. The summed E-state index contributed by atoms with van der Waals surface area (Å²) in [5.74, 6) is 1.16. The van der Waals surface area contributed by atoms with Crippen LogP contribution in [0.1, 0.15) is 19.8 Å². The van der Waals surface area contributed by atoms with Crippen molar-refractivity contribution in [2.45, 2.75) is 25.8 Å². The van der Waals surface area contributed by atoms with Crippen LogP contribution in [0.5, 0.6) is 0 Å². The summed E-state index contributed by atoms with van der Waals surface area (Å²) in [6.07, 6.45) is 4.31. The predicted octanol–water partition coefficient (Wildman–Crippen LogP) is 1.46. The summed E-state index contributed by atoms with van der Waals surface area (Å²) in [5, 5.41) is 9.54. The third kappa shape index (κ3) is 3.62. The Morgan fingerprint density at radius 2 is 2.31 bits per heavy atom. The SMILES string of the molecule is CCC(CSC)N(C)CC1(CO)CCOC1. The number of thioether (sulfide) groups is 1. The van der Waals surface area contributed by atoms with Crippen molar-refractivity contribution < 1.29 is 9.84 Å². The highest BCUT2D eigenvalue weighted by Crippen LogP contribution is 2.29. The molecule has 1 fully saturated rings. The Hall–Kier alpha value is 0.230. The van der Waals surface area contributed by atoms with Crippen molar-refractivity contribution in [1.29, 1.82) is 0 Å². The molecule has 1 rings (SSSR count). The van der Waals surface area contributed by atoms with Crippen LogP contribution in [0.15, 0.2) is 0 Å². The molecule has 0 aliphatic carbocycles. The van der Waals surface area contributed by atoms with Gasteiger partial charge < -0.3 is 14.7 Å². The summed E-state index contributed by atoms with van der Waals surface area (Å²) < 4.78 is 5.43. The van der Waals surface area contributed by atoms with E-state index in [-0.39, 0.29) is 12.0 Å². The van der Waals surface area contributed by atoms with Crippen molar-refractivity contribution in [3.63, 3.8) is 0 Å². The maximum atomic E-state index is 9.54. The number of aliphatic hydroxyl groups excluding tert-OH is 1. The van der Waals surface area contributed by atoms with Crippen molar-refractivity contribution in [2.24, 2.45) is 5.41 Å². The molecule has 96 valence electrons. The van der Waals surface area contributed by atoms with Gasteiger partial charge in [0.05, 0.1) is 13.2 Å². The molecule has 0 spiro atoms. The van der Waals surface area contributed by atoms with E-state index in [1.165, 1.54) is 6.42 Å². The molecule has 0 aromatic heterocycles.